The molecule has 0 amide bonds. The predicted molar refractivity (Wildman–Crippen MR) is 65.9 cm³/mol. The number of nitrogens with zero attached hydrogens (tertiary/aromatic N) is 1. The average molecular weight is 253 g/mol. The van der Waals surface area contributed by atoms with E-state index < -0.39 is 10.0 Å². The van der Waals surface area contributed by atoms with Gasteiger partial charge >= 0.3 is 0 Å². The fraction of sp³-hybridized carbons (Fsp3) is 0.333. The predicted octanol–water partition coefficient (Wildman–Crippen LogP) is 0.671. The molecular formula is C12H15NO3S. The van der Waals surface area contributed by atoms with Gasteiger partial charge in [-0.1, -0.05) is 24.8 Å². The molecule has 1 rings (SSSR count). The van der Waals surface area contributed by atoms with Gasteiger partial charge in [-0.3, -0.25) is 0 Å². The maximum Gasteiger partial charge on any atom is 0.242 e. The molecule has 4 nitrogen and oxygen atoms in total. The van der Waals surface area contributed by atoms with Crippen LogP contribution in [0.3, 0.4) is 0 Å². The summed E-state index contributed by atoms with van der Waals surface area (Å²) >= 11 is 0. The third-order valence-electron chi connectivity index (χ3n) is 2.30. The maximum atomic E-state index is 12.0. The van der Waals surface area contributed by atoms with Crippen LogP contribution >= 0.6 is 0 Å². The Kier molecular flexibility index (Phi) is 4.70. The highest BCUT2D eigenvalue weighted by atomic mass is 32.2. The Morgan fingerprint density at radius 2 is 2.12 bits per heavy atom. The number of aliphatic hydroxyl groups excluding tert-OH is 1. The molecule has 5 heteroatoms. The lowest BCUT2D eigenvalue weighted by molar-refractivity contribution is 0.350. The molecule has 0 saturated carbocycles. The first kappa shape index (κ1) is 13.7. The molecule has 1 aromatic rings. The topological polar surface area (TPSA) is 57.6 Å². The summed E-state index contributed by atoms with van der Waals surface area (Å²) in [5.41, 5.74) is 0.574. The standard InChI is InChI=1S/C12H15NO3S/c1-3-13(2)17(15,16)12-8-4-6-11(10-12)7-5-9-14/h4,6,8,10,14H,3,9H2,1-2H3. The molecular weight excluding hydrogens is 238 g/mol. The third-order valence-corrected chi connectivity index (χ3v) is 4.23. The van der Waals surface area contributed by atoms with Crippen LogP contribution in [-0.2, 0) is 10.0 Å². The number of aliphatic hydroxyl groups is 1. The Labute approximate surface area is 102 Å². The van der Waals surface area contributed by atoms with E-state index in [1.807, 2.05) is 0 Å². The number of hydrogen-bond donors (Lipinski definition) is 1. The Morgan fingerprint density at radius 1 is 1.41 bits per heavy atom. The minimum absolute atomic E-state index is 0.214. The van der Waals surface area contributed by atoms with Gasteiger partial charge in [0.15, 0.2) is 0 Å². The number of benzene rings is 1. The van der Waals surface area contributed by atoms with E-state index in [9.17, 15) is 8.42 Å². The average Bonchev–Trinajstić information content (AvgIpc) is 2.35. The van der Waals surface area contributed by atoms with E-state index in [1.165, 1.54) is 23.5 Å². The second-order valence-electron chi connectivity index (χ2n) is 3.41. The molecule has 0 unspecified atom stereocenters. The molecule has 0 saturated heterocycles. The number of sulfonamides is 1. The molecule has 0 aliphatic rings. The lowest BCUT2D eigenvalue weighted by Gasteiger charge is -2.14. The van der Waals surface area contributed by atoms with Gasteiger partial charge in [-0.2, -0.15) is 0 Å². The van der Waals surface area contributed by atoms with Crippen molar-refractivity contribution in [3.63, 3.8) is 0 Å². The van der Waals surface area contributed by atoms with Crippen LogP contribution in [0.4, 0.5) is 0 Å². The minimum atomic E-state index is -3.43. The minimum Gasteiger partial charge on any atom is -0.384 e. The van der Waals surface area contributed by atoms with E-state index in [0.29, 0.717) is 12.1 Å². The van der Waals surface area contributed by atoms with Gasteiger partial charge in [-0.15, -0.1) is 0 Å². The lowest BCUT2D eigenvalue weighted by atomic mass is 10.2. The van der Waals surface area contributed by atoms with Crippen molar-refractivity contribution in [2.75, 3.05) is 20.2 Å². The highest BCUT2D eigenvalue weighted by Gasteiger charge is 2.18. The first-order valence-electron chi connectivity index (χ1n) is 5.18. The molecule has 1 N–H and O–H groups in total. The fourth-order valence-electron chi connectivity index (χ4n) is 1.23. The van der Waals surface area contributed by atoms with Gasteiger partial charge in [0.1, 0.15) is 6.61 Å². The SMILES string of the molecule is CCN(C)S(=O)(=O)c1cccc(C#CCO)c1. The molecule has 0 atom stereocenters. The van der Waals surface area contributed by atoms with Crippen molar-refractivity contribution in [2.45, 2.75) is 11.8 Å². The molecule has 0 aliphatic heterocycles. The van der Waals surface area contributed by atoms with Gasteiger partial charge in [-0.05, 0) is 18.2 Å². The molecule has 0 radical (unpaired) electrons. The molecule has 0 fully saturated rings. The fourth-order valence-corrected chi connectivity index (χ4v) is 2.45. The second kappa shape index (κ2) is 5.82. The quantitative estimate of drug-likeness (QED) is 0.806. The van der Waals surface area contributed by atoms with Gasteiger partial charge < -0.3 is 5.11 Å². The van der Waals surface area contributed by atoms with Crippen molar-refractivity contribution >= 4 is 10.0 Å². The summed E-state index contributed by atoms with van der Waals surface area (Å²) in [6, 6.07) is 6.38. The second-order valence-corrected chi connectivity index (χ2v) is 5.45. The van der Waals surface area contributed by atoms with Crippen LogP contribution in [0.1, 0.15) is 12.5 Å². The van der Waals surface area contributed by atoms with E-state index >= 15 is 0 Å². The summed E-state index contributed by atoms with van der Waals surface area (Å²) < 4.78 is 25.3. The monoisotopic (exact) mass is 253 g/mol. The molecule has 0 aliphatic carbocycles. The zero-order chi connectivity index (χ0) is 12.9. The van der Waals surface area contributed by atoms with Crippen LogP contribution in [0.2, 0.25) is 0 Å². The summed E-state index contributed by atoms with van der Waals surface area (Å²) in [5.74, 6) is 5.16. The van der Waals surface area contributed by atoms with E-state index in [2.05, 4.69) is 11.8 Å². The molecule has 0 heterocycles. The van der Waals surface area contributed by atoms with Crippen LogP contribution in [0.5, 0.6) is 0 Å². The summed E-state index contributed by atoms with van der Waals surface area (Å²) in [6.07, 6.45) is 0. The Hall–Kier alpha value is -1.35. The van der Waals surface area contributed by atoms with E-state index in [-0.39, 0.29) is 11.5 Å². The summed E-state index contributed by atoms with van der Waals surface area (Å²) in [4.78, 5) is 0.214. The van der Waals surface area contributed by atoms with Gasteiger partial charge in [0.2, 0.25) is 10.0 Å². The van der Waals surface area contributed by atoms with Crippen molar-refractivity contribution in [1.29, 1.82) is 0 Å². The van der Waals surface area contributed by atoms with Gasteiger partial charge in [0.05, 0.1) is 4.90 Å². The first-order chi connectivity index (χ1) is 8.02. The molecule has 0 spiro atoms. The van der Waals surface area contributed by atoms with Crippen LogP contribution in [0.15, 0.2) is 29.2 Å². The van der Waals surface area contributed by atoms with Crippen LogP contribution in [0.25, 0.3) is 0 Å². The van der Waals surface area contributed by atoms with Crippen molar-refractivity contribution in [3.8, 4) is 11.8 Å². The van der Waals surface area contributed by atoms with E-state index in [0.717, 1.165) is 0 Å². The normalized spacial score (nSPS) is 11.1. The van der Waals surface area contributed by atoms with Crippen LogP contribution in [0, 0.1) is 11.8 Å². The highest BCUT2D eigenvalue weighted by Crippen LogP contribution is 2.15. The maximum absolute atomic E-state index is 12.0. The number of hydrogen-bond acceptors (Lipinski definition) is 3. The summed E-state index contributed by atoms with van der Waals surface area (Å²) in [7, 11) is -1.90. The van der Waals surface area contributed by atoms with Gasteiger partial charge in [-0.25, -0.2) is 12.7 Å². The molecule has 0 aromatic heterocycles. The first-order valence-corrected chi connectivity index (χ1v) is 6.62. The smallest absolute Gasteiger partial charge is 0.242 e. The largest absolute Gasteiger partial charge is 0.384 e. The zero-order valence-corrected chi connectivity index (χ0v) is 10.7. The molecule has 92 valence electrons. The van der Waals surface area contributed by atoms with Crippen molar-refractivity contribution in [1.82, 2.24) is 4.31 Å². The summed E-state index contributed by atoms with van der Waals surface area (Å²) in [5, 5.41) is 8.58. The lowest BCUT2D eigenvalue weighted by Crippen LogP contribution is -2.26. The molecule has 1 aromatic carbocycles. The highest BCUT2D eigenvalue weighted by molar-refractivity contribution is 7.89. The Balaban J connectivity index is 3.16. The Bertz CT molecular complexity index is 540. The third kappa shape index (κ3) is 3.30. The van der Waals surface area contributed by atoms with Crippen molar-refractivity contribution in [2.24, 2.45) is 0 Å². The van der Waals surface area contributed by atoms with E-state index in [1.54, 1.807) is 19.1 Å². The van der Waals surface area contributed by atoms with Crippen molar-refractivity contribution < 1.29 is 13.5 Å². The van der Waals surface area contributed by atoms with Crippen molar-refractivity contribution in [3.05, 3.63) is 29.8 Å². The molecule has 0 bridgehead atoms. The summed E-state index contributed by atoms with van der Waals surface area (Å²) in [6.45, 7) is 1.94. The Morgan fingerprint density at radius 3 is 2.71 bits per heavy atom. The zero-order valence-electron chi connectivity index (χ0n) is 9.84. The van der Waals surface area contributed by atoms with Crippen LogP contribution in [-0.4, -0.2) is 38.0 Å². The van der Waals surface area contributed by atoms with Gasteiger partial charge in [0, 0.05) is 19.2 Å². The van der Waals surface area contributed by atoms with Crippen LogP contribution < -0.4 is 0 Å². The van der Waals surface area contributed by atoms with E-state index in [4.69, 9.17) is 5.11 Å². The molecule has 17 heavy (non-hydrogen) atoms. The van der Waals surface area contributed by atoms with Gasteiger partial charge in [0.25, 0.3) is 0 Å². The number of rotatable bonds is 3.